The molecule has 1 aromatic carbocycles. The molecule has 0 spiro atoms. The summed E-state index contributed by atoms with van der Waals surface area (Å²) in [4.78, 5) is 11.4. The fourth-order valence-corrected chi connectivity index (χ4v) is 1.72. The van der Waals surface area contributed by atoms with Crippen LogP contribution in [0.2, 0.25) is 0 Å². The van der Waals surface area contributed by atoms with E-state index in [1.807, 2.05) is 12.1 Å². The predicted molar refractivity (Wildman–Crippen MR) is 55.0 cm³/mol. The molecular weight excluding hydrogens is 194 g/mol. The maximum atomic E-state index is 11.4. The van der Waals surface area contributed by atoms with Crippen molar-refractivity contribution < 1.29 is 14.3 Å². The number of carbonyl (C=O) groups excluding carboxylic acids is 1. The molecule has 1 atom stereocenters. The average molecular weight is 207 g/mol. The molecule has 15 heavy (non-hydrogen) atoms. The van der Waals surface area contributed by atoms with E-state index in [1.54, 1.807) is 6.07 Å². The van der Waals surface area contributed by atoms with E-state index in [4.69, 9.17) is 10.5 Å². The minimum atomic E-state index is -0.373. The highest BCUT2D eigenvalue weighted by atomic mass is 16.5. The van der Waals surface area contributed by atoms with Crippen LogP contribution in [0, 0.1) is 0 Å². The Morgan fingerprint density at radius 1 is 1.60 bits per heavy atom. The van der Waals surface area contributed by atoms with E-state index in [0.29, 0.717) is 17.9 Å². The van der Waals surface area contributed by atoms with Gasteiger partial charge in [-0.2, -0.15) is 0 Å². The van der Waals surface area contributed by atoms with Crippen molar-refractivity contribution in [1.29, 1.82) is 0 Å². The van der Waals surface area contributed by atoms with Gasteiger partial charge in [0.25, 0.3) is 0 Å². The number of benzene rings is 1. The van der Waals surface area contributed by atoms with Gasteiger partial charge in [-0.1, -0.05) is 12.1 Å². The summed E-state index contributed by atoms with van der Waals surface area (Å²) in [5.41, 5.74) is 7.21. The van der Waals surface area contributed by atoms with Gasteiger partial charge in [0.05, 0.1) is 7.11 Å². The lowest BCUT2D eigenvalue weighted by Crippen LogP contribution is -2.34. The van der Waals surface area contributed by atoms with E-state index in [2.05, 4.69) is 4.74 Å². The molecule has 80 valence electrons. The van der Waals surface area contributed by atoms with Crippen LogP contribution in [0.4, 0.5) is 0 Å². The van der Waals surface area contributed by atoms with Gasteiger partial charge in [0.2, 0.25) is 0 Å². The zero-order valence-corrected chi connectivity index (χ0v) is 8.53. The predicted octanol–water partition coefficient (Wildman–Crippen LogP) is 0.735. The van der Waals surface area contributed by atoms with Gasteiger partial charge in [-0.15, -0.1) is 0 Å². The van der Waals surface area contributed by atoms with Gasteiger partial charge in [-0.05, 0) is 18.1 Å². The molecule has 4 nitrogen and oxygen atoms in total. The van der Waals surface area contributed by atoms with Crippen molar-refractivity contribution in [1.82, 2.24) is 0 Å². The van der Waals surface area contributed by atoms with E-state index in [9.17, 15) is 4.79 Å². The summed E-state index contributed by atoms with van der Waals surface area (Å²) >= 11 is 0. The molecule has 0 saturated heterocycles. The first-order valence-electron chi connectivity index (χ1n) is 4.81. The molecule has 0 unspecified atom stereocenters. The Bertz CT molecular complexity index is 389. The number of ether oxygens (including phenoxy) is 2. The summed E-state index contributed by atoms with van der Waals surface area (Å²) in [6.45, 7) is 0.445. The van der Waals surface area contributed by atoms with E-state index >= 15 is 0 Å². The molecule has 0 aliphatic carbocycles. The van der Waals surface area contributed by atoms with Crippen LogP contribution in [-0.2, 0) is 11.2 Å². The molecule has 0 radical (unpaired) electrons. The Morgan fingerprint density at radius 2 is 2.40 bits per heavy atom. The van der Waals surface area contributed by atoms with E-state index in [-0.39, 0.29) is 12.0 Å². The van der Waals surface area contributed by atoms with Crippen LogP contribution in [0.5, 0.6) is 5.75 Å². The standard InChI is InChI=1S/C11H13NO3/c1-14-11(13)9-4-2-3-7-5-8(12)6-15-10(7)9/h2-4,8H,5-6,12H2,1H3/t8-/m1/s1. The second-order valence-electron chi connectivity index (χ2n) is 3.56. The lowest BCUT2D eigenvalue weighted by molar-refractivity contribution is 0.0594. The maximum absolute atomic E-state index is 11.4. The van der Waals surface area contributed by atoms with E-state index < -0.39 is 0 Å². The number of rotatable bonds is 1. The fraction of sp³-hybridized carbons (Fsp3) is 0.364. The average Bonchev–Trinajstić information content (AvgIpc) is 2.26. The Hall–Kier alpha value is -1.55. The van der Waals surface area contributed by atoms with Crippen LogP contribution in [0.25, 0.3) is 0 Å². The zero-order chi connectivity index (χ0) is 10.8. The summed E-state index contributed by atoms with van der Waals surface area (Å²) in [6.07, 6.45) is 0.736. The van der Waals surface area contributed by atoms with Gasteiger partial charge in [0.15, 0.2) is 0 Å². The molecule has 0 aromatic heterocycles. The number of hydrogen-bond acceptors (Lipinski definition) is 4. The highest BCUT2D eigenvalue weighted by Gasteiger charge is 2.22. The minimum absolute atomic E-state index is 0.00500. The highest BCUT2D eigenvalue weighted by Crippen LogP contribution is 2.28. The van der Waals surface area contributed by atoms with Crippen molar-refractivity contribution in [2.24, 2.45) is 5.73 Å². The molecule has 1 aromatic rings. The van der Waals surface area contributed by atoms with Gasteiger partial charge < -0.3 is 15.2 Å². The van der Waals surface area contributed by atoms with Gasteiger partial charge in [0, 0.05) is 6.04 Å². The SMILES string of the molecule is COC(=O)c1cccc2c1OC[C@H](N)C2. The first-order valence-corrected chi connectivity index (χ1v) is 4.81. The van der Waals surface area contributed by atoms with Crippen LogP contribution in [-0.4, -0.2) is 25.7 Å². The molecule has 1 aliphatic heterocycles. The number of methoxy groups -OCH3 is 1. The van der Waals surface area contributed by atoms with Crippen LogP contribution in [0.1, 0.15) is 15.9 Å². The molecule has 0 amide bonds. The topological polar surface area (TPSA) is 61.5 Å². The third-order valence-electron chi connectivity index (χ3n) is 2.43. The molecule has 1 heterocycles. The summed E-state index contributed by atoms with van der Waals surface area (Å²) in [5.74, 6) is 0.244. The summed E-state index contributed by atoms with van der Waals surface area (Å²) in [5, 5.41) is 0. The molecule has 2 rings (SSSR count). The molecule has 4 heteroatoms. The molecule has 1 aliphatic rings. The first kappa shape index (κ1) is 9.98. The van der Waals surface area contributed by atoms with Crippen molar-refractivity contribution in [2.45, 2.75) is 12.5 Å². The normalized spacial score (nSPS) is 18.9. The van der Waals surface area contributed by atoms with E-state index in [0.717, 1.165) is 12.0 Å². The van der Waals surface area contributed by atoms with Crippen molar-refractivity contribution in [3.05, 3.63) is 29.3 Å². The summed E-state index contributed by atoms with van der Waals surface area (Å²) < 4.78 is 10.1. The van der Waals surface area contributed by atoms with Crippen molar-refractivity contribution in [3.8, 4) is 5.75 Å². The second-order valence-corrected chi connectivity index (χ2v) is 3.56. The van der Waals surface area contributed by atoms with Crippen LogP contribution >= 0.6 is 0 Å². The number of para-hydroxylation sites is 1. The molecule has 0 fully saturated rings. The van der Waals surface area contributed by atoms with Gasteiger partial charge in [-0.25, -0.2) is 4.79 Å². The van der Waals surface area contributed by atoms with Gasteiger partial charge in [-0.3, -0.25) is 0 Å². The number of esters is 1. The van der Waals surface area contributed by atoms with E-state index in [1.165, 1.54) is 7.11 Å². The van der Waals surface area contributed by atoms with Gasteiger partial charge in [0.1, 0.15) is 17.9 Å². The van der Waals surface area contributed by atoms with Gasteiger partial charge >= 0.3 is 5.97 Å². The lowest BCUT2D eigenvalue weighted by Gasteiger charge is -2.23. The number of carbonyl (C=O) groups is 1. The molecule has 0 bridgehead atoms. The largest absolute Gasteiger partial charge is 0.491 e. The quantitative estimate of drug-likeness (QED) is 0.690. The maximum Gasteiger partial charge on any atom is 0.341 e. The lowest BCUT2D eigenvalue weighted by atomic mass is 10.00. The van der Waals surface area contributed by atoms with Crippen molar-refractivity contribution in [3.63, 3.8) is 0 Å². The third-order valence-corrected chi connectivity index (χ3v) is 2.43. The Kier molecular flexibility index (Phi) is 2.60. The number of hydrogen-bond donors (Lipinski definition) is 1. The second kappa shape index (κ2) is 3.90. The fourth-order valence-electron chi connectivity index (χ4n) is 1.72. The molecule has 2 N–H and O–H groups in total. The molecular formula is C11H13NO3. The summed E-state index contributed by atoms with van der Waals surface area (Å²) in [7, 11) is 1.36. The molecule has 0 saturated carbocycles. The number of nitrogens with two attached hydrogens (primary N) is 1. The van der Waals surface area contributed by atoms with Crippen LogP contribution in [0.15, 0.2) is 18.2 Å². The minimum Gasteiger partial charge on any atom is -0.491 e. The monoisotopic (exact) mass is 207 g/mol. The van der Waals surface area contributed by atoms with Crippen molar-refractivity contribution >= 4 is 5.97 Å². The Labute approximate surface area is 88.0 Å². The smallest absolute Gasteiger partial charge is 0.341 e. The summed E-state index contributed by atoms with van der Waals surface area (Å²) in [6, 6.07) is 5.43. The Balaban J connectivity index is 2.42. The van der Waals surface area contributed by atoms with Crippen molar-refractivity contribution in [2.75, 3.05) is 13.7 Å². The van der Waals surface area contributed by atoms with Crippen LogP contribution < -0.4 is 10.5 Å². The highest BCUT2D eigenvalue weighted by molar-refractivity contribution is 5.93. The van der Waals surface area contributed by atoms with Crippen LogP contribution in [0.3, 0.4) is 0 Å². The Morgan fingerprint density at radius 3 is 3.13 bits per heavy atom. The number of fused-ring (bicyclic) bond motifs is 1. The first-order chi connectivity index (χ1) is 7.22. The zero-order valence-electron chi connectivity index (χ0n) is 8.53. The third kappa shape index (κ3) is 1.80.